The Balaban J connectivity index is 1.61. The van der Waals surface area contributed by atoms with Gasteiger partial charge in [0.15, 0.2) is 16.6 Å². The van der Waals surface area contributed by atoms with Crippen LogP contribution in [-0.4, -0.2) is 31.5 Å². The van der Waals surface area contributed by atoms with Gasteiger partial charge < -0.3 is 10.4 Å². The van der Waals surface area contributed by atoms with Crippen molar-refractivity contribution in [1.29, 1.82) is 5.26 Å². The molecule has 1 heterocycles. The van der Waals surface area contributed by atoms with Crippen molar-refractivity contribution in [2.45, 2.75) is 25.5 Å². The van der Waals surface area contributed by atoms with Crippen LogP contribution in [0.15, 0.2) is 93.8 Å². The van der Waals surface area contributed by atoms with Gasteiger partial charge in [-0.05, 0) is 54.8 Å². The summed E-state index contributed by atoms with van der Waals surface area (Å²) in [6, 6.07) is 25.1. The zero-order valence-corrected chi connectivity index (χ0v) is 22.7. The number of hydrogen-bond acceptors (Lipinski definition) is 6. The summed E-state index contributed by atoms with van der Waals surface area (Å²) in [5.41, 5.74) is 4.50. The minimum atomic E-state index is -0.629. The molecule has 0 atom stereocenters. The first-order valence-corrected chi connectivity index (χ1v) is 13.2. The summed E-state index contributed by atoms with van der Waals surface area (Å²) in [4.78, 5) is 12.6. The molecule has 0 saturated heterocycles. The number of hydrogen-bond donors (Lipinski definition) is 2. The third-order valence-corrected chi connectivity index (χ3v) is 6.93. The fraction of sp³-hybridized carbons (Fsp3) is 0.143. The SMILES string of the molecule is Cc1cc(C)cc(-n2c(SC/C(O)=C(\C#N)C(=O)NCc3ccccc3)nnc2-c2ccc(Br)cc2)c1. The second kappa shape index (κ2) is 11.9. The summed E-state index contributed by atoms with van der Waals surface area (Å²) in [5, 5.41) is 32.2. The van der Waals surface area contributed by atoms with Crippen LogP contribution in [0.25, 0.3) is 17.1 Å². The highest BCUT2D eigenvalue weighted by atomic mass is 79.9. The lowest BCUT2D eigenvalue weighted by Gasteiger charge is -2.12. The monoisotopic (exact) mass is 573 g/mol. The van der Waals surface area contributed by atoms with Crippen molar-refractivity contribution in [3.8, 4) is 23.1 Å². The molecule has 1 amide bonds. The Morgan fingerprint density at radius 1 is 1.05 bits per heavy atom. The number of nitriles is 1. The van der Waals surface area contributed by atoms with Gasteiger partial charge in [0.1, 0.15) is 11.8 Å². The topological polar surface area (TPSA) is 104 Å². The molecular weight excluding hydrogens is 550 g/mol. The van der Waals surface area contributed by atoms with Crippen LogP contribution >= 0.6 is 27.7 Å². The highest BCUT2D eigenvalue weighted by molar-refractivity contribution is 9.10. The van der Waals surface area contributed by atoms with Gasteiger partial charge in [0.25, 0.3) is 5.91 Å². The van der Waals surface area contributed by atoms with Gasteiger partial charge in [-0.1, -0.05) is 76.2 Å². The Morgan fingerprint density at radius 3 is 2.38 bits per heavy atom. The Labute approximate surface area is 228 Å². The fourth-order valence-electron chi connectivity index (χ4n) is 3.78. The van der Waals surface area contributed by atoms with Crippen LogP contribution in [0.5, 0.6) is 0 Å². The molecule has 0 bridgehead atoms. The predicted molar refractivity (Wildman–Crippen MR) is 148 cm³/mol. The number of carbonyl (C=O) groups excluding carboxylic acids is 1. The summed E-state index contributed by atoms with van der Waals surface area (Å²) in [5.74, 6) is -0.330. The molecule has 2 N–H and O–H groups in total. The Bertz CT molecular complexity index is 1470. The van der Waals surface area contributed by atoms with Crippen molar-refractivity contribution < 1.29 is 9.90 Å². The van der Waals surface area contributed by atoms with Crippen molar-refractivity contribution in [3.63, 3.8) is 0 Å². The number of benzene rings is 3. The van der Waals surface area contributed by atoms with E-state index in [1.807, 2.05) is 91.2 Å². The van der Waals surface area contributed by atoms with Crippen LogP contribution in [-0.2, 0) is 11.3 Å². The largest absolute Gasteiger partial charge is 0.510 e. The third kappa shape index (κ3) is 6.47. The summed E-state index contributed by atoms with van der Waals surface area (Å²) >= 11 is 4.66. The number of rotatable bonds is 8. The number of nitrogens with one attached hydrogen (secondary N) is 1. The molecule has 3 aromatic carbocycles. The van der Waals surface area contributed by atoms with Crippen LogP contribution in [0.3, 0.4) is 0 Å². The standard InChI is InChI=1S/C28H24BrN5O2S/c1-18-12-19(2)14-23(13-18)34-26(21-8-10-22(29)11-9-21)32-33-28(34)37-17-25(35)24(15-30)27(36)31-16-20-6-4-3-5-7-20/h3-14,35H,16-17H2,1-2H3,(H,31,36)/b25-24-. The zero-order valence-electron chi connectivity index (χ0n) is 20.3. The molecule has 186 valence electrons. The van der Waals surface area contributed by atoms with Crippen molar-refractivity contribution in [2.75, 3.05) is 5.75 Å². The van der Waals surface area contributed by atoms with Crippen LogP contribution < -0.4 is 5.32 Å². The second-order valence-electron chi connectivity index (χ2n) is 8.38. The van der Waals surface area contributed by atoms with E-state index >= 15 is 0 Å². The van der Waals surface area contributed by atoms with Crippen molar-refractivity contribution >= 4 is 33.6 Å². The van der Waals surface area contributed by atoms with Gasteiger partial charge in [-0.3, -0.25) is 9.36 Å². The molecule has 0 spiro atoms. The van der Waals surface area contributed by atoms with Gasteiger partial charge in [0.05, 0.1) is 11.4 Å². The molecule has 0 unspecified atom stereocenters. The van der Waals surface area contributed by atoms with Crippen molar-refractivity contribution in [2.24, 2.45) is 0 Å². The molecule has 4 aromatic rings. The molecule has 0 aliphatic carbocycles. The smallest absolute Gasteiger partial charge is 0.265 e. The zero-order chi connectivity index (χ0) is 26.4. The average Bonchev–Trinajstić information content (AvgIpc) is 3.31. The first kappa shape index (κ1) is 26.2. The van der Waals surface area contributed by atoms with Gasteiger partial charge in [-0.25, -0.2) is 0 Å². The van der Waals surface area contributed by atoms with Crippen LogP contribution in [0.2, 0.25) is 0 Å². The molecule has 1 aromatic heterocycles. The maximum Gasteiger partial charge on any atom is 0.265 e. The van der Waals surface area contributed by atoms with E-state index in [-0.39, 0.29) is 23.6 Å². The predicted octanol–water partition coefficient (Wildman–Crippen LogP) is 6.06. The molecule has 7 nitrogen and oxygen atoms in total. The maximum absolute atomic E-state index is 12.6. The Kier molecular flexibility index (Phi) is 8.43. The highest BCUT2D eigenvalue weighted by Gasteiger charge is 2.20. The van der Waals surface area contributed by atoms with Crippen molar-refractivity contribution in [3.05, 3.63) is 105 Å². The molecule has 0 saturated carbocycles. The molecule has 0 radical (unpaired) electrons. The lowest BCUT2D eigenvalue weighted by atomic mass is 10.1. The molecular formula is C28H24BrN5O2S. The number of aromatic nitrogens is 3. The summed E-state index contributed by atoms with van der Waals surface area (Å²) in [6.07, 6.45) is 0. The minimum Gasteiger partial charge on any atom is -0.510 e. The number of aliphatic hydroxyl groups excluding tert-OH is 1. The number of amides is 1. The molecule has 4 rings (SSSR count). The minimum absolute atomic E-state index is 0.0229. The number of aliphatic hydroxyl groups is 1. The highest BCUT2D eigenvalue weighted by Crippen LogP contribution is 2.30. The van der Waals surface area contributed by atoms with E-state index in [1.165, 1.54) is 11.8 Å². The van der Waals surface area contributed by atoms with Gasteiger partial charge in [0, 0.05) is 16.6 Å². The van der Waals surface area contributed by atoms with E-state index in [2.05, 4.69) is 37.5 Å². The van der Waals surface area contributed by atoms with Gasteiger partial charge in [-0.2, -0.15) is 5.26 Å². The summed E-state index contributed by atoms with van der Waals surface area (Å²) in [6.45, 7) is 4.30. The molecule has 0 fully saturated rings. The van der Waals surface area contributed by atoms with E-state index < -0.39 is 5.91 Å². The number of nitrogens with zero attached hydrogens (tertiary/aromatic N) is 4. The number of aryl methyl sites for hydroxylation is 2. The Hall–Kier alpha value is -3.87. The summed E-state index contributed by atoms with van der Waals surface area (Å²) < 4.78 is 2.87. The van der Waals surface area contributed by atoms with E-state index in [1.54, 1.807) is 0 Å². The number of halogens is 1. The molecule has 9 heteroatoms. The molecule has 37 heavy (non-hydrogen) atoms. The van der Waals surface area contributed by atoms with E-state index in [0.29, 0.717) is 11.0 Å². The van der Waals surface area contributed by atoms with Crippen LogP contribution in [0.1, 0.15) is 16.7 Å². The quantitative estimate of drug-likeness (QED) is 0.115. The van der Waals surface area contributed by atoms with Crippen LogP contribution in [0.4, 0.5) is 0 Å². The number of carbonyl (C=O) groups is 1. The first-order chi connectivity index (χ1) is 17.9. The van der Waals surface area contributed by atoms with E-state index in [0.717, 1.165) is 32.4 Å². The Morgan fingerprint density at radius 2 is 1.73 bits per heavy atom. The first-order valence-electron chi connectivity index (χ1n) is 11.4. The lowest BCUT2D eigenvalue weighted by molar-refractivity contribution is -0.117. The number of thioether (sulfide) groups is 1. The van der Waals surface area contributed by atoms with Crippen LogP contribution in [0, 0.1) is 25.2 Å². The van der Waals surface area contributed by atoms with E-state index in [4.69, 9.17) is 0 Å². The third-order valence-electron chi connectivity index (χ3n) is 5.46. The summed E-state index contributed by atoms with van der Waals surface area (Å²) in [7, 11) is 0. The van der Waals surface area contributed by atoms with Gasteiger partial charge in [0.2, 0.25) is 0 Å². The van der Waals surface area contributed by atoms with Gasteiger partial charge in [-0.15, -0.1) is 10.2 Å². The fourth-order valence-corrected chi connectivity index (χ4v) is 4.87. The normalized spacial score (nSPS) is 11.5. The lowest BCUT2D eigenvalue weighted by Crippen LogP contribution is -2.25. The molecule has 0 aliphatic rings. The average molecular weight is 575 g/mol. The van der Waals surface area contributed by atoms with Crippen molar-refractivity contribution in [1.82, 2.24) is 20.1 Å². The molecule has 0 aliphatic heterocycles. The van der Waals surface area contributed by atoms with E-state index in [9.17, 15) is 15.2 Å². The van der Waals surface area contributed by atoms with Gasteiger partial charge >= 0.3 is 0 Å². The maximum atomic E-state index is 12.6. The second-order valence-corrected chi connectivity index (χ2v) is 10.2.